The topological polar surface area (TPSA) is 117 Å². The molecule has 0 unspecified atom stereocenters. The van der Waals surface area contributed by atoms with Crippen molar-refractivity contribution in [1.29, 1.82) is 5.26 Å². The molecule has 0 radical (unpaired) electrons. The molecule has 1 aliphatic rings. The molecule has 0 bridgehead atoms. The van der Waals surface area contributed by atoms with Gasteiger partial charge in [0.25, 0.3) is 0 Å². The maximum atomic E-state index is 12.7. The van der Waals surface area contributed by atoms with Crippen LogP contribution in [0.1, 0.15) is 29.9 Å². The number of nitriles is 1. The van der Waals surface area contributed by atoms with Crippen LogP contribution in [0.2, 0.25) is 0 Å². The molecule has 2 aromatic rings. The van der Waals surface area contributed by atoms with Crippen LogP contribution in [0.25, 0.3) is 0 Å². The SMILES string of the molecule is Cc1nn(C)c(C)c1S(=O)(=O)NCC1CCN(c2nccnc2C#N)CC1. The summed E-state index contributed by atoms with van der Waals surface area (Å²) < 4.78 is 29.7. The Labute approximate surface area is 159 Å². The van der Waals surface area contributed by atoms with Crippen LogP contribution in [0.4, 0.5) is 5.82 Å². The first-order chi connectivity index (χ1) is 12.8. The van der Waals surface area contributed by atoms with Crippen molar-refractivity contribution in [2.24, 2.45) is 13.0 Å². The van der Waals surface area contributed by atoms with Gasteiger partial charge in [-0.2, -0.15) is 10.4 Å². The highest BCUT2D eigenvalue weighted by molar-refractivity contribution is 7.89. The van der Waals surface area contributed by atoms with Gasteiger partial charge in [0.2, 0.25) is 10.0 Å². The van der Waals surface area contributed by atoms with E-state index in [1.54, 1.807) is 31.8 Å². The van der Waals surface area contributed by atoms with Crippen LogP contribution >= 0.6 is 0 Å². The summed E-state index contributed by atoms with van der Waals surface area (Å²) in [5.41, 5.74) is 1.45. The molecule has 0 amide bonds. The van der Waals surface area contributed by atoms with Gasteiger partial charge < -0.3 is 4.90 Å². The minimum atomic E-state index is -3.59. The minimum Gasteiger partial charge on any atom is -0.354 e. The second-order valence-electron chi connectivity index (χ2n) is 6.75. The third-order valence-corrected chi connectivity index (χ3v) is 6.65. The zero-order chi connectivity index (χ0) is 19.6. The zero-order valence-corrected chi connectivity index (χ0v) is 16.5. The molecule has 3 rings (SSSR count). The third kappa shape index (κ3) is 3.94. The van der Waals surface area contributed by atoms with Crippen LogP contribution in [0, 0.1) is 31.1 Å². The van der Waals surface area contributed by atoms with E-state index in [0.29, 0.717) is 42.5 Å². The monoisotopic (exact) mass is 389 g/mol. The Balaban J connectivity index is 1.61. The average Bonchev–Trinajstić information content (AvgIpc) is 2.93. The third-order valence-electron chi connectivity index (χ3n) is 4.97. The molecule has 2 aromatic heterocycles. The van der Waals surface area contributed by atoms with Crippen LogP contribution in [-0.4, -0.2) is 47.8 Å². The van der Waals surface area contributed by atoms with Crippen molar-refractivity contribution < 1.29 is 8.42 Å². The summed E-state index contributed by atoms with van der Waals surface area (Å²) >= 11 is 0. The zero-order valence-electron chi connectivity index (χ0n) is 15.7. The fourth-order valence-corrected chi connectivity index (χ4v) is 4.98. The van der Waals surface area contributed by atoms with Crippen molar-refractivity contribution in [1.82, 2.24) is 24.5 Å². The molecule has 0 atom stereocenters. The largest absolute Gasteiger partial charge is 0.354 e. The van der Waals surface area contributed by atoms with Crippen LogP contribution < -0.4 is 9.62 Å². The molecule has 0 aromatic carbocycles. The van der Waals surface area contributed by atoms with E-state index in [-0.39, 0.29) is 10.8 Å². The van der Waals surface area contributed by atoms with Crippen molar-refractivity contribution in [2.75, 3.05) is 24.5 Å². The molecule has 1 N–H and O–H groups in total. The number of nitrogens with zero attached hydrogens (tertiary/aromatic N) is 6. The molecule has 1 fully saturated rings. The Morgan fingerprint density at radius 1 is 1.26 bits per heavy atom. The lowest BCUT2D eigenvalue weighted by atomic mass is 9.97. The van der Waals surface area contributed by atoms with Gasteiger partial charge in [-0.15, -0.1) is 0 Å². The van der Waals surface area contributed by atoms with Crippen molar-refractivity contribution in [2.45, 2.75) is 31.6 Å². The van der Waals surface area contributed by atoms with Gasteiger partial charge >= 0.3 is 0 Å². The molecule has 3 heterocycles. The van der Waals surface area contributed by atoms with Gasteiger partial charge in [-0.25, -0.2) is 23.1 Å². The number of aromatic nitrogens is 4. The fourth-order valence-electron chi connectivity index (χ4n) is 3.43. The second kappa shape index (κ2) is 7.62. The van der Waals surface area contributed by atoms with Crippen molar-refractivity contribution >= 4 is 15.8 Å². The summed E-state index contributed by atoms with van der Waals surface area (Å²) in [6.45, 7) is 5.26. The molecular weight excluding hydrogens is 366 g/mol. The van der Waals surface area contributed by atoms with Crippen molar-refractivity contribution in [3.63, 3.8) is 0 Å². The van der Waals surface area contributed by atoms with Crippen LogP contribution in [-0.2, 0) is 17.1 Å². The predicted octanol–water partition coefficient (Wildman–Crippen LogP) is 0.894. The minimum absolute atomic E-state index is 0.232. The first kappa shape index (κ1) is 19.3. The maximum absolute atomic E-state index is 12.7. The maximum Gasteiger partial charge on any atom is 0.244 e. The standard InChI is InChI=1S/C17H23N7O2S/c1-12-16(13(2)23(3)22-12)27(25,26)21-11-14-4-8-24(9-5-14)17-15(10-18)19-6-7-20-17/h6-7,14,21H,4-5,8-9,11H2,1-3H3. The number of piperidine rings is 1. The Hall–Kier alpha value is -2.51. The van der Waals surface area contributed by atoms with Gasteiger partial charge in [-0.1, -0.05) is 0 Å². The molecule has 0 spiro atoms. The molecule has 27 heavy (non-hydrogen) atoms. The van der Waals surface area contributed by atoms with Gasteiger partial charge in [0, 0.05) is 39.1 Å². The van der Waals surface area contributed by atoms with E-state index in [2.05, 4.69) is 25.9 Å². The highest BCUT2D eigenvalue weighted by Crippen LogP contribution is 2.24. The number of anilines is 1. The Kier molecular flexibility index (Phi) is 5.43. The summed E-state index contributed by atoms with van der Waals surface area (Å²) in [7, 11) is -1.85. The molecule has 1 aliphatic heterocycles. The fraction of sp³-hybridized carbons (Fsp3) is 0.529. The summed E-state index contributed by atoms with van der Waals surface area (Å²) in [6, 6.07) is 2.06. The molecule has 0 saturated carbocycles. The lowest BCUT2D eigenvalue weighted by Crippen LogP contribution is -2.39. The normalized spacial score (nSPS) is 15.7. The summed E-state index contributed by atoms with van der Waals surface area (Å²) in [5.74, 6) is 0.830. The summed E-state index contributed by atoms with van der Waals surface area (Å²) in [5, 5.41) is 13.3. The molecular formula is C17H23N7O2S. The quantitative estimate of drug-likeness (QED) is 0.807. The Bertz CT molecular complexity index is 970. The highest BCUT2D eigenvalue weighted by atomic mass is 32.2. The first-order valence-electron chi connectivity index (χ1n) is 8.79. The predicted molar refractivity (Wildman–Crippen MR) is 99.6 cm³/mol. The van der Waals surface area contributed by atoms with E-state index in [9.17, 15) is 8.42 Å². The van der Waals surface area contributed by atoms with Gasteiger partial charge in [-0.05, 0) is 32.6 Å². The van der Waals surface area contributed by atoms with Gasteiger partial charge in [0.15, 0.2) is 11.5 Å². The molecule has 144 valence electrons. The van der Waals surface area contributed by atoms with Crippen LogP contribution in [0.15, 0.2) is 17.3 Å². The number of sulfonamides is 1. The van der Waals surface area contributed by atoms with Crippen molar-refractivity contribution in [3.05, 3.63) is 29.5 Å². The molecule has 10 heteroatoms. The first-order valence-corrected chi connectivity index (χ1v) is 10.3. The van der Waals surface area contributed by atoms with E-state index in [0.717, 1.165) is 12.8 Å². The van der Waals surface area contributed by atoms with E-state index < -0.39 is 10.0 Å². The lowest BCUT2D eigenvalue weighted by Gasteiger charge is -2.32. The summed E-state index contributed by atoms with van der Waals surface area (Å²) in [4.78, 5) is 10.6. The van der Waals surface area contributed by atoms with Gasteiger partial charge in [-0.3, -0.25) is 4.68 Å². The average molecular weight is 389 g/mol. The van der Waals surface area contributed by atoms with Crippen LogP contribution in [0.5, 0.6) is 0 Å². The lowest BCUT2D eigenvalue weighted by molar-refractivity contribution is 0.400. The number of nitrogens with one attached hydrogen (secondary N) is 1. The van der Waals surface area contributed by atoms with Crippen LogP contribution in [0.3, 0.4) is 0 Å². The molecule has 0 aliphatic carbocycles. The Morgan fingerprint density at radius 2 is 1.93 bits per heavy atom. The number of aryl methyl sites for hydroxylation is 2. The van der Waals surface area contributed by atoms with Gasteiger partial charge in [0.05, 0.1) is 11.4 Å². The van der Waals surface area contributed by atoms with E-state index in [4.69, 9.17) is 5.26 Å². The number of rotatable bonds is 5. The van der Waals surface area contributed by atoms with E-state index in [1.165, 1.54) is 6.20 Å². The summed E-state index contributed by atoms with van der Waals surface area (Å²) in [6.07, 6.45) is 4.71. The Morgan fingerprint density at radius 3 is 2.52 bits per heavy atom. The highest BCUT2D eigenvalue weighted by Gasteiger charge is 2.27. The molecule has 9 nitrogen and oxygen atoms in total. The smallest absolute Gasteiger partial charge is 0.244 e. The van der Waals surface area contributed by atoms with E-state index in [1.807, 2.05) is 4.90 Å². The van der Waals surface area contributed by atoms with Gasteiger partial charge in [0.1, 0.15) is 11.0 Å². The molecule has 1 saturated heterocycles. The second-order valence-corrected chi connectivity index (χ2v) is 8.45. The van der Waals surface area contributed by atoms with Crippen molar-refractivity contribution in [3.8, 4) is 6.07 Å². The number of hydrogen-bond acceptors (Lipinski definition) is 7. The number of hydrogen-bond donors (Lipinski definition) is 1. The van der Waals surface area contributed by atoms with E-state index >= 15 is 0 Å².